The molecule has 2 rings (SSSR count). The number of nitrogens with zero attached hydrogens (tertiary/aromatic N) is 2. The first-order chi connectivity index (χ1) is 7.86. The number of aromatic nitrogens is 2. The van der Waals surface area contributed by atoms with E-state index < -0.39 is 0 Å². The molecular weight excluding hydrogens is 252 g/mol. The van der Waals surface area contributed by atoms with Gasteiger partial charge in [-0.2, -0.15) is 5.10 Å². The van der Waals surface area contributed by atoms with Crippen molar-refractivity contribution in [2.24, 2.45) is 5.73 Å². The van der Waals surface area contributed by atoms with Crippen LogP contribution in [-0.2, 0) is 15.9 Å². The van der Waals surface area contributed by atoms with Crippen molar-refractivity contribution in [3.63, 3.8) is 0 Å². The van der Waals surface area contributed by atoms with Crippen molar-refractivity contribution in [2.75, 3.05) is 6.54 Å². The van der Waals surface area contributed by atoms with Crippen LogP contribution in [0, 0.1) is 0 Å². The average molecular weight is 274 g/mol. The van der Waals surface area contributed by atoms with Crippen molar-refractivity contribution in [3.8, 4) is 0 Å². The van der Waals surface area contributed by atoms with Crippen molar-refractivity contribution in [2.45, 2.75) is 45.4 Å². The zero-order valence-corrected chi connectivity index (χ0v) is 12.2. The van der Waals surface area contributed by atoms with E-state index in [2.05, 4.69) is 5.10 Å². The Morgan fingerprint density at radius 2 is 1.83 bits per heavy atom. The van der Waals surface area contributed by atoms with Crippen LogP contribution in [0.25, 0.3) is 0 Å². The molecule has 2 N–H and O–H groups in total. The molecule has 0 bridgehead atoms. The summed E-state index contributed by atoms with van der Waals surface area (Å²) >= 11 is 0. The molecule has 2 heterocycles. The molecule has 18 heavy (non-hydrogen) atoms. The van der Waals surface area contributed by atoms with Gasteiger partial charge >= 0.3 is 7.12 Å². The van der Waals surface area contributed by atoms with Crippen LogP contribution in [0.3, 0.4) is 0 Å². The van der Waals surface area contributed by atoms with E-state index >= 15 is 0 Å². The molecule has 1 aliphatic heterocycles. The van der Waals surface area contributed by atoms with Gasteiger partial charge in [0.1, 0.15) is 0 Å². The summed E-state index contributed by atoms with van der Waals surface area (Å²) in [6.07, 6.45) is 3.70. The largest absolute Gasteiger partial charge is 0.498 e. The van der Waals surface area contributed by atoms with Crippen LogP contribution in [0.5, 0.6) is 0 Å². The summed E-state index contributed by atoms with van der Waals surface area (Å²) in [5, 5.41) is 4.22. The van der Waals surface area contributed by atoms with E-state index in [1.54, 1.807) is 10.9 Å². The maximum Gasteiger partial charge on any atom is 0.498 e. The molecule has 0 aromatic carbocycles. The minimum atomic E-state index is -0.341. The SMILES string of the molecule is CC1(C)OB(c2cnn(CCN)c2)OC1(C)C.Cl. The zero-order valence-electron chi connectivity index (χ0n) is 11.3. The van der Waals surface area contributed by atoms with Crippen molar-refractivity contribution in [3.05, 3.63) is 12.4 Å². The fourth-order valence-corrected chi connectivity index (χ4v) is 1.73. The maximum absolute atomic E-state index is 5.93. The Bertz CT molecular complexity index is 393. The lowest BCUT2D eigenvalue weighted by Gasteiger charge is -2.32. The minimum absolute atomic E-state index is 0. The number of rotatable bonds is 3. The third kappa shape index (κ3) is 2.72. The molecule has 0 amide bonds. The van der Waals surface area contributed by atoms with E-state index in [4.69, 9.17) is 15.0 Å². The Labute approximate surface area is 115 Å². The van der Waals surface area contributed by atoms with E-state index in [-0.39, 0.29) is 30.7 Å². The maximum atomic E-state index is 5.93. The van der Waals surface area contributed by atoms with E-state index in [9.17, 15) is 0 Å². The average Bonchev–Trinajstić information content (AvgIpc) is 2.71. The standard InChI is InChI=1S/C11H20BN3O2.ClH/c1-10(2)11(3,4)17-12(16-10)9-7-14-15(8-9)6-5-13;/h7-8H,5-6,13H2,1-4H3;1H. The molecular formula is C11H21BClN3O2. The third-order valence-corrected chi connectivity index (χ3v) is 3.54. The van der Waals surface area contributed by atoms with E-state index in [0.29, 0.717) is 13.1 Å². The summed E-state index contributed by atoms with van der Waals surface area (Å²) in [5.41, 5.74) is 5.80. The molecule has 5 nitrogen and oxygen atoms in total. The van der Waals surface area contributed by atoms with E-state index in [1.807, 2.05) is 33.9 Å². The smallest absolute Gasteiger partial charge is 0.399 e. The number of hydrogen-bond donors (Lipinski definition) is 1. The Hall–Kier alpha value is -0.555. The zero-order chi connectivity index (χ0) is 12.7. The molecule has 1 fully saturated rings. The normalized spacial score (nSPS) is 20.8. The van der Waals surface area contributed by atoms with Crippen molar-refractivity contribution in [1.82, 2.24) is 9.78 Å². The fourth-order valence-electron chi connectivity index (χ4n) is 1.73. The summed E-state index contributed by atoms with van der Waals surface area (Å²) < 4.78 is 13.7. The Morgan fingerprint density at radius 3 is 2.33 bits per heavy atom. The van der Waals surface area contributed by atoms with Gasteiger partial charge in [0.05, 0.1) is 17.7 Å². The summed E-state index contributed by atoms with van der Waals surface area (Å²) in [4.78, 5) is 0. The molecule has 0 spiro atoms. The predicted octanol–water partition coefficient (Wildman–Crippen LogP) is 0.563. The summed E-state index contributed by atoms with van der Waals surface area (Å²) in [7, 11) is -0.341. The Balaban J connectivity index is 0.00000162. The van der Waals surface area contributed by atoms with Gasteiger partial charge < -0.3 is 15.0 Å². The molecule has 7 heteroatoms. The van der Waals surface area contributed by atoms with Crippen molar-refractivity contribution >= 4 is 25.0 Å². The second kappa shape index (κ2) is 5.21. The summed E-state index contributed by atoms with van der Waals surface area (Å²) in [6.45, 7) is 9.44. The number of halogens is 1. The second-order valence-electron chi connectivity index (χ2n) is 5.41. The number of nitrogens with two attached hydrogens (primary N) is 1. The van der Waals surface area contributed by atoms with Gasteiger partial charge in [-0.1, -0.05) is 0 Å². The van der Waals surface area contributed by atoms with Gasteiger partial charge in [-0.15, -0.1) is 12.4 Å². The summed E-state index contributed by atoms with van der Waals surface area (Å²) in [6, 6.07) is 0. The lowest BCUT2D eigenvalue weighted by molar-refractivity contribution is 0.00578. The van der Waals surface area contributed by atoms with Crippen LogP contribution in [0.1, 0.15) is 27.7 Å². The molecule has 0 saturated carbocycles. The molecule has 0 atom stereocenters. The molecule has 102 valence electrons. The second-order valence-corrected chi connectivity index (χ2v) is 5.41. The Morgan fingerprint density at radius 1 is 1.28 bits per heavy atom. The minimum Gasteiger partial charge on any atom is -0.399 e. The Kier molecular flexibility index (Phi) is 4.49. The first-order valence-electron chi connectivity index (χ1n) is 5.94. The van der Waals surface area contributed by atoms with E-state index in [0.717, 1.165) is 5.46 Å². The van der Waals surface area contributed by atoms with Crippen LogP contribution in [0.2, 0.25) is 0 Å². The monoisotopic (exact) mass is 273 g/mol. The van der Waals surface area contributed by atoms with Gasteiger partial charge in [0.2, 0.25) is 0 Å². The predicted molar refractivity (Wildman–Crippen MR) is 74.2 cm³/mol. The molecule has 0 aliphatic carbocycles. The van der Waals surface area contributed by atoms with Crippen LogP contribution in [0.4, 0.5) is 0 Å². The molecule has 1 saturated heterocycles. The lowest BCUT2D eigenvalue weighted by Crippen LogP contribution is -2.41. The molecule has 0 unspecified atom stereocenters. The molecule has 0 radical (unpaired) electrons. The quantitative estimate of drug-likeness (QED) is 0.818. The first-order valence-corrected chi connectivity index (χ1v) is 5.94. The highest BCUT2D eigenvalue weighted by Crippen LogP contribution is 2.36. The topological polar surface area (TPSA) is 62.3 Å². The van der Waals surface area contributed by atoms with Crippen LogP contribution < -0.4 is 11.2 Å². The first kappa shape index (κ1) is 15.5. The number of hydrogen-bond acceptors (Lipinski definition) is 4. The molecule has 1 aliphatic rings. The third-order valence-electron chi connectivity index (χ3n) is 3.54. The van der Waals surface area contributed by atoms with Gasteiger partial charge in [0.25, 0.3) is 0 Å². The summed E-state index contributed by atoms with van der Waals surface area (Å²) in [5.74, 6) is 0. The highest BCUT2D eigenvalue weighted by Gasteiger charge is 2.52. The van der Waals surface area contributed by atoms with Gasteiger partial charge in [-0.05, 0) is 27.7 Å². The van der Waals surface area contributed by atoms with Crippen LogP contribution in [0.15, 0.2) is 12.4 Å². The van der Waals surface area contributed by atoms with Crippen LogP contribution >= 0.6 is 12.4 Å². The van der Waals surface area contributed by atoms with Gasteiger partial charge in [0, 0.05) is 24.4 Å². The van der Waals surface area contributed by atoms with Crippen molar-refractivity contribution < 1.29 is 9.31 Å². The highest BCUT2D eigenvalue weighted by molar-refractivity contribution is 6.61. The van der Waals surface area contributed by atoms with Gasteiger partial charge in [0.15, 0.2) is 0 Å². The van der Waals surface area contributed by atoms with Gasteiger partial charge in [-0.25, -0.2) is 0 Å². The van der Waals surface area contributed by atoms with Crippen LogP contribution in [-0.4, -0.2) is 34.6 Å². The highest BCUT2D eigenvalue weighted by atomic mass is 35.5. The molecule has 1 aromatic heterocycles. The molecule has 1 aromatic rings. The van der Waals surface area contributed by atoms with Gasteiger partial charge in [-0.3, -0.25) is 4.68 Å². The fraction of sp³-hybridized carbons (Fsp3) is 0.727. The lowest BCUT2D eigenvalue weighted by atomic mass is 9.82. The van der Waals surface area contributed by atoms with E-state index in [1.165, 1.54) is 0 Å². The van der Waals surface area contributed by atoms with Crippen molar-refractivity contribution in [1.29, 1.82) is 0 Å².